The number of imidazole rings is 1. The highest BCUT2D eigenvalue weighted by Crippen LogP contribution is 2.22. The highest BCUT2D eigenvalue weighted by molar-refractivity contribution is 5.06. The van der Waals surface area contributed by atoms with Crippen LogP contribution in [0.4, 0.5) is 0 Å². The van der Waals surface area contributed by atoms with Crippen molar-refractivity contribution in [2.75, 3.05) is 20.3 Å². The average Bonchev–Trinajstić information content (AvgIpc) is 2.72. The Hall–Kier alpha value is -0.910. The summed E-state index contributed by atoms with van der Waals surface area (Å²) in [6, 6.07) is -0.194. The van der Waals surface area contributed by atoms with Crippen LogP contribution in [0.5, 0.6) is 0 Å². The number of hydrogen-bond acceptors (Lipinski definition) is 4. The van der Waals surface area contributed by atoms with Crippen LogP contribution >= 0.6 is 0 Å². The molecule has 1 heterocycles. The standard InChI is InChI=1S/C11H21N3O2/c1-8(2)11(6-16-3)14-7-13-4-10(14)9(12)5-15/h4,7-9,11,15H,5-6,12H2,1-3H3. The number of aliphatic hydroxyl groups is 1. The Morgan fingerprint density at radius 1 is 1.56 bits per heavy atom. The zero-order chi connectivity index (χ0) is 12.1. The Labute approximate surface area is 96.2 Å². The van der Waals surface area contributed by atoms with Crippen molar-refractivity contribution in [3.63, 3.8) is 0 Å². The van der Waals surface area contributed by atoms with Gasteiger partial charge in [-0.2, -0.15) is 0 Å². The summed E-state index contributed by atoms with van der Waals surface area (Å²) in [7, 11) is 1.68. The van der Waals surface area contributed by atoms with Gasteiger partial charge in [0.15, 0.2) is 0 Å². The summed E-state index contributed by atoms with van der Waals surface area (Å²) in [4.78, 5) is 4.09. The molecule has 0 fully saturated rings. The van der Waals surface area contributed by atoms with Gasteiger partial charge in [0.2, 0.25) is 0 Å². The van der Waals surface area contributed by atoms with Gasteiger partial charge in [0.05, 0.1) is 37.3 Å². The number of hydrogen-bond donors (Lipinski definition) is 2. The molecule has 0 saturated carbocycles. The van der Waals surface area contributed by atoms with Crippen LogP contribution in [0.1, 0.15) is 31.6 Å². The first kappa shape index (κ1) is 13.2. The van der Waals surface area contributed by atoms with Crippen molar-refractivity contribution >= 4 is 0 Å². The quantitative estimate of drug-likeness (QED) is 0.751. The van der Waals surface area contributed by atoms with E-state index in [0.29, 0.717) is 12.5 Å². The van der Waals surface area contributed by atoms with E-state index in [1.54, 1.807) is 19.6 Å². The summed E-state index contributed by atoms with van der Waals surface area (Å²) in [5.74, 6) is 0.416. The topological polar surface area (TPSA) is 73.3 Å². The zero-order valence-electron chi connectivity index (χ0n) is 10.1. The number of aromatic nitrogens is 2. The molecule has 0 aliphatic rings. The Balaban J connectivity index is 2.95. The van der Waals surface area contributed by atoms with Crippen molar-refractivity contribution < 1.29 is 9.84 Å². The number of methoxy groups -OCH3 is 1. The Bertz CT molecular complexity index is 312. The van der Waals surface area contributed by atoms with E-state index in [9.17, 15) is 0 Å². The molecule has 2 atom stereocenters. The summed E-state index contributed by atoms with van der Waals surface area (Å²) in [6.45, 7) is 4.78. The lowest BCUT2D eigenvalue weighted by Gasteiger charge is -2.25. The molecule has 0 saturated heterocycles. The van der Waals surface area contributed by atoms with Crippen molar-refractivity contribution in [1.82, 2.24) is 9.55 Å². The molecular weight excluding hydrogens is 206 g/mol. The van der Waals surface area contributed by atoms with Gasteiger partial charge in [-0.25, -0.2) is 4.98 Å². The van der Waals surface area contributed by atoms with Crippen molar-refractivity contribution in [2.45, 2.75) is 25.9 Å². The zero-order valence-corrected chi connectivity index (χ0v) is 10.1. The van der Waals surface area contributed by atoms with Crippen LogP contribution in [-0.2, 0) is 4.74 Å². The van der Waals surface area contributed by atoms with Crippen molar-refractivity contribution in [2.24, 2.45) is 11.7 Å². The summed E-state index contributed by atoms with van der Waals surface area (Å²) < 4.78 is 7.20. The van der Waals surface area contributed by atoms with Gasteiger partial charge in [0.1, 0.15) is 0 Å². The normalized spacial score (nSPS) is 15.4. The molecule has 0 spiro atoms. The average molecular weight is 227 g/mol. The van der Waals surface area contributed by atoms with Crippen LogP contribution in [0.15, 0.2) is 12.5 Å². The second-order valence-electron chi connectivity index (χ2n) is 4.28. The maximum absolute atomic E-state index is 9.08. The second-order valence-corrected chi connectivity index (χ2v) is 4.28. The van der Waals surface area contributed by atoms with Crippen molar-refractivity contribution in [1.29, 1.82) is 0 Å². The molecule has 1 aromatic rings. The van der Waals surface area contributed by atoms with E-state index in [1.807, 2.05) is 4.57 Å². The third-order valence-electron chi connectivity index (χ3n) is 2.74. The van der Waals surface area contributed by atoms with Crippen LogP contribution in [0.2, 0.25) is 0 Å². The number of aliphatic hydroxyl groups excluding tert-OH is 1. The molecule has 16 heavy (non-hydrogen) atoms. The molecule has 0 aliphatic heterocycles. The molecule has 0 aromatic carbocycles. The van der Waals surface area contributed by atoms with E-state index < -0.39 is 0 Å². The van der Waals surface area contributed by atoms with E-state index in [-0.39, 0.29) is 18.7 Å². The lowest BCUT2D eigenvalue weighted by molar-refractivity contribution is 0.130. The molecule has 1 rings (SSSR count). The van der Waals surface area contributed by atoms with Gasteiger partial charge in [-0.3, -0.25) is 0 Å². The largest absolute Gasteiger partial charge is 0.394 e. The predicted molar refractivity (Wildman–Crippen MR) is 62.0 cm³/mol. The second kappa shape index (κ2) is 5.98. The van der Waals surface area contributed by atoms with Crippen molar-refractivity contribution in [3.05, 3.63) is 18.2 Å². The highest BCUT2D eigenvalue weighted by Gasteiger charge is 2.20. The smallest absolute Gasteiger partial charge is 0.0952 e. The molecule has 0 aliphatic carbocycles. The fraction of sp³-hybridized carbons (Fsp3) is 0.727. The number of rotatable bonds is 6. The molecule has 5 heteroatoms. The highest BCUT2D eigenvalue weighted by atomic mass is 16.5. The predicted octanol–water partition coefficient (Wildman–Crippen LogP) is 0.719. The minimum Gasteiger partial charge on any atom is -0.394 e. The number of nitrogens with zero attached hydrogens (tertiary/aromatic N) is 2. The third-order valence-corrected chi connectivity index (χ3v) is 2.74. The first-order chi connectivity index (χ1) is 7.61. The van der Waals surface area contributed by atoms with E-state index >= 15 is 0 Å². The Morgan fingerprint density at radius 3 is 2.75 bits per heavy atom. The number of ether oxygens (including phenoxy) is 1. The molecule has 0 radical (unpaired) electrons. The van der Waals surface area contributed by atoms with Crippen molar-refractivity contribution in [3.8, 4) is 0 Å². The Kier molecular flexibility index (Phi) is 4.92. The van der Waals surface area contributed by atoms with Gasteiger partial charge < -0.3 is 20.1 Å². The molecule has 92 valence electrons. The van der Waals surface area contributed by atoms with Gasteiger partial charge in [0, 0.05) is 13.3 Å². The fourth-order valence-electron chi connectivity index (χ4n) is 1.74. The van der Waals surface area contributed by atoms with Crippen LogP contribution in [-0.4, -0.2) is 35.0 Å². The van der Waals surface area contributed by atoms with E-state index in [2.05, 4.69) is 18.8 Å². The summed E-state index contributed by atoms with van der Waals surface area (Å²) >= 11 is 0. The van der Waals surface area contributed by atoms with E-state index in [1.165, 1.54) is 0 Å². The summed E-state index contributed by atoms with van der Waals surface area (Å²) in [5, 5.41) is 9.08. The van der Waals surface area contributed by atoms with Gasteiger partial charge in [0.25, 0.3) is 0 Å². The molecule has 2 unspecified atom stereocenters. The molecule has 0 amide bonds. The van der Waals surface area contributed by atoms with Gasteiger partial charge in [-0.1, -0.05) is 13.8 Å². The lowest BCUT2D eigenvalue weighted by Crippen LogP contribution is -2.26. The van der Waals surface area contributed by atoms with Crippen LogP contribution in [0.25, 0.3) is 0 Å². The van der Waals surface area contributed by atoms with E-state index in [4.69, 9.17) is 15.6 Å². The first-order valence-electron chi connectivity index (χ1n) is 5.48. The third kappa shape index (κ3) is 2.81. The van der Waals surface area contributed by atoms with Crippen LogP contribution < -0.4 is 5.73 Å². The minimum absolute atomic E-state index is 0.0799. The maximum Gasteiger partial charge on any atom is 0.0952 e. The first-order valence-corrected chi connectivity index (χ1v) is 5.48. The monoisotopic (exact) mass is 227 g/mol. The van der Waals surface area contributed by atoms with Gasteiger partial charge in [-0.05, 0) is 5.92 Å². The molecule has 1 aromatic heterocycles. The van der Waals surface area contributed by atoms with Gasteiger partial charge >= 0.3 is 0 Å². The Morgan fingerprint density at radius 2 is 2.25 bits per heavy atom. The van der Waals surface area contributed by atoms with Crippen LogP contribution in [0, 0.1) is 5.92 Å². The van der Waals surface area contributed by atoms with Gasteiger partial charge in [-0.15, -0.1) is 0 Å². The molecule has 3 N–H and O–H groups in total. The van der Waals surface area contributed by atoms with Crippen LogP contribution in [0.3, 0.4) is 0 Å². The number of nitrogens with two attached hydrogens (primary N) is 1. The maximum atomic E-state index is 9.08. The SMILES string of the molecule is COCC(C(C)C)n1cncc1C(N)CO. The lowest BCUT2D eigenvalue weighted by atomic mass is 10.0. The van der Waals surface area contributed by atoms with E-state index in [0.717, 1.165) is 5.69 Å². The summed E-state index contributed by atoms with van der Waals surface area (Å²) in [6.07, 6.45) is 3.44. The summed E-state index contributed by atoms with van der Waals surface area (Å²) in [5.41, 5.74) is 6.67. The molecule has 0 bridgehead atoms. The molecular formula is C11H21N3O2. The fourth-order valence-corrected chi connectivity index (χ4v) is 1.74. The molecule has 5 nitrogen and oxygen atoms in total. The minimum atomic E-state index is -0.388.